The van der Waals surface area contributed by atoms with Crippen molar-refractivity contribution in [1.29, 1.82) is 5.26 Å². The van der Waals surface area contributed by atoms with Gasteiger partial charge in [0.2, 0.25) is 0 Å². The van der Waals surface area contributed by atoms with E-state index in [1.54, 1.807) is 54.6 Å². The Kier molecular flexibility index (Phi) is 7.34. The van der Waals surface area contributed by atoms with Gasteiger partial charge in [0, 0.05) is 17.3 Å². The minimum absolute atomic E-state index is 0.0977. The van der Waals surface area contributed by atoms with Crippen LogP contribution in [0.4, 0.5) is 5.69 Å². The predicted octanol–water partition coefficient (Wildman–Crippen LogP) is 7.38. The van der Waals surface area contributed by atoms with Gasteiger partial charge in [0.25, 0.3) is 5.91 Å². The Hall–Kier alpha value is -3.98. The van der Waals surface area contributed by atoms with Crippen molar-refractivity contribution < 1.29 is 13.9 Å². The number of furan rings is 1. The van der Waals surface area contributed by atoms with E-state index in [1.807, 2.05) is 36.4 Å². The zero-order valence-corrected chi connectivity index (χ0v) is 19.3. The molecule has 0 saturated carbocycles. The summed E-state index contributed by atoms with van der Waals surface area (Å²) < 4.78 is 11.5. The van der Waals surface area contributed by atoms with Crippen molar-refractivity contribution in [2.24, 2.45) is 0 Å². The molecular formula is C27H18Cl2N2O3. The van der Waals surface area contributed by atoms with Crippen molar-refractivity contribution in [3.05, 3.63) is 112 Å². The van der Waals surface area contributed by atoms with E-state index in [9.17, 15) is 10.1 Å². The van der Waals surface area contributed by atoms with Gasteiger partial charge in [-0.15, -0.1) is 0 Å². The zero-order valence-electron chi connectivity index (χ0n) is 17.8. The number of amides is 1. The van der Waals surface area contributed by atoms with Crippen LogP contribution in [0.25, 0.3) is 17.4 Å². The average molecular weight is 489 g/mol. The lowest BCUT2D eigenvalue weighted by molar-refractivity contribution is -0.112. The second-order valence-electron chi connectivity index (χ2n) is 7.25. The third-order valence-electron chi connectivity index (χ3n) is 4.84. The van der Waals surface area contributed by atoms with Crippen LogP contribution in [0.5, 0.6) is 5.75 Å². The number of halogens is 2. The number of benzene rings is 3. The monoisotopic (exact) mass is 488 g/mol. The number of rotatable bonds is 7. The Morgan fingerprint density at radius 3 is 2.44 bits per heavy atom. The van der Waals surface area contributed by atoms with Crippen molar-refractivity contribution in [1.82, 2.24) is 0 Å². The van der Waals surface area contributed by atoms with E-state index in [1.165, 1.54) is 6.08 Å². The van der Waals surface area contributed by atoms with Crippen LogP contribution < -0.4 is 10.1 Å². The number of hydrogen-bond donors (Lipinski definition) is 1. The number of nitriles is 1. The molecule has 34 heavy (non-hydrogen) atoms. The fraction of sp³-hybridized carbons (Fsp3) is 0.0370. The van der Waals surface area contributed by atoms with Gasteiger partial charge in [-0.25, -0.2) is 0 Å². The zero-order chi connectivity index (χ0) is 23.9. The maximum absolute atomic E-state index is 12.6. The summed E-state index contributed by atoms with van der Waals surface area (Å²) in [5.41, 5.74) is 2.23. The first-order valence-electron chi connectivity index (χ1n) is 10.3. The number of carbonyl (C=O) groups excluding carboxylic acids is 1. The summed E-state index contributed by atoms with van der Waals surface area (Å²) in [6, 6.07) is 27.2. The Bertz CT molecular complexity index is 1370. The molecule has 1 aromatic heterocycles. The second kappa shape index (κ2) is 10.8. The van der Waals surface area contributed by atoms with Gasteiger partial charge in [0.1, 0.15) is 35.5 Å². The summed E-state index contributed by atoms with van der Waals surface area (Å²) in [6.45, 7) is 0.446. The highest BCUT2D eigenvalue weighted by atomic mass is 35.5. The molecule has 4 rings (SSSR count). The SMILES string of the molecule is N#C/C(=C\c1ccc(-c2ccc(Cl)c(Cl)c2)o1)C(=O)Nc1ccc(OCc2ccccc2)cc1. The van der Waals surface area contributed by atoms with Crippen LogP contribution >= 0.6 is 23.2 Å². The topological polar surface area (TPSA) is 75.3 Å². The highest BCUT2D eigenvalue weighted by molar-refractivity contribution is 6.42. The normalized spacial score (nSPS) is 11.0. The molecule has 0 aliphatic heterocycles. The van der Waals surface area contributed by atoms with Gasteiger partial charge >= 0.3 is 0 Å². The second-order valence-corrected chi connectivity index (χ2v) is 8.07. The van der Waals surface area contributed by atoms with Gasteiger partial charge in [-0.2, -0.15) is 5.26 Å². The fourth-order valence-corrected chi connectivity index (χ4v) is 3.40. The summed E-state index contributed by atoms with van der Waals surface area (Å²) in [5, 5.41) is 13.0. The summed E-state index contributed by atoms with van der Waals surface area (Å²) in [5.74, 6) is 1.02. The van der Waals surface area contributed by atoms with E-state index in [4.69, 9.17) is 32.4 Å². The van der Waals surface area contributed by atoms with Gasteiger partial charge in [0.05, 0.1) is 10.0 Å². The Labute approximate surface area is 206 Å². The molecule has 0 saturated heterocycles. The largest absolute Gasteiger partial charge is 0.489 e. The lowest BCUT2D eigenvalue weighted by Gasteiger charge is -2.08. The van der Waals surface area contributed by atoms with E-state index >= 15 is 0 Å². The fourth-order valence-electron chi connectivity index (χ4n) is 3.10. The molecule has 0 unspecified atom stereocenters. The van der Waals surface area contributed by atoms with Crippen LogP contribution in [-0.2, 0) is 11.4 Å². The Morgan fingerprint density at radius 1 is 0.971 bits per heavy atom. The van der Waals surface area contributed by atoms with Crippen LogP contribution in [0, 0.1) is 11.3 Å². The van der Waals surface area contributed by atoms with Crippen molar-refractivity contribution in [3.8, 4) is 23.1 Å². The lowest BCUT2D eigenvalue weighted by atomic mass is 10.2. The maximum atomic E-state index is 12.6. The molecule has 168 valence electrons. The van der Waals surface area contributed by atoms with E-state index in [-0.39, 0.29) is 5.57 Å². The first kappa shape index (κ1) is 23.2. The van der Waals surface area contributed by atoms with Gasteiger partial charge in [0.15, 0.2) is 0 Å². The first-order chi connectivity index (χ1) is 16.5. The Balaban J connectivity index is 1.40. The maximum Gasteiger partial charge on any atom is 0.266 e. The molecule has 0 aliphatic rings. The molecule has 0 aliphatic carbocycles. The lowest BCUT2D eigenvalue weighted by Crippen LogP contribution is -2.13. The molecule has 5 nitrogen and oxygen atoms in total. The van der Waals surface area contributed by atoms with Crippen LogP contribution in [0.15, 0.2) is 94.9 Å². The van der Waals surface area contributed by atoms with E-state index in [0.717, 1.165) is 11.1 Å². The van der Waals surface area contributed by atoms with Crippen molar-refractivity contribution in [3.63, 3.8) is 0 Å². The molecule has 7 heteroatoms. The molecule has 0 atom stereocenters. The van der Waals surface area contributed by atoms with Crippen LogP contribution in [-0.4, -0.2) is 5.91 Å². The number of nitrogens with zero attached hydrogens (tertiary/aromatic N) is 1. The number of anilines is 1. The highest BCUT2D eigenvalue weighted by Gasteiger charge is 2.12. The third kappa shape index (κ3) is 5.87. The van der Waals surface area contributed by atoms with Crippen molar-refractivity contribution in [2.75, 3.05) is 5.32 Å². The van der Waals surface area contributed by atoms with Crippen molar-refractivity contribution >= 4 is 40.9 Å². The number of nitrogens with one attached hydrogen (secondary N) is 1. The quantitative estimate of drug-likeness (QED) is 0.217. The Morgan fingerprint density at radius 2 is 1.74 bits per heavy atom. The molecule has 3 aromatic carbocycles. The molecule has 0 spiro atoms. The van der Waals surface area contributed by atoms with Gasteiger partial charge in [-0.1, -0.05) is 53.5 Å². The molecule has 1 amide bonds. The molecule has 0 fully saturated rings. The van der Waals surface area contributed by atoms with Gasteiger partial charge < -0.3 is 14.5 Å². The number of ether oxygens (including phenoxy) is 1. The minimum Gasteiger partial charge on any atom is -0.489 e. The summed E-state index contributed by atoms with van der Waals surface area (Å²) >= 11 is 12.0. The highest BCUT2D eigenvalue weighted by Crippen LogP contribution is 2.30. The molecule has 4 aromatic rings. The van der Waals surface area contributed by atoms with E-state index in [0.29, 0.717) is 39.6 Å². The number of carbonyl (C=O) groups is 1. The smallest absolute Gasteiger partial charge is 0.266 e. The van der Waals surface area contributed by atoms with E-state index < -0.39 is 5.91 Å². The average Bonchev–Trinajstić information content (AvgIpc) is 3.33. The molecule has 0 bridgehead atoms. The summed E-state index contributed by atoms with van der Waals surface area (Å²) in [6.07, 6.45) is 1.38. The van der Waals surface area contributed by atoms with Crippen LogP contribution in [0.2, 0.25) is 10.0 Å². The van der Waals surface area contributed by atoms with E-state index in [2.05, 4.69) is 5.32 Å². The summed E-state index contributed by atoms with van der Waals surface area (Å²) in [7, 11) is 0. The van der Waals surface area contributed by atoms with Crippen LogP contribution in [0.1, 0.15) is 11.3 Å². The standard InChI is InChI=1S/C27H18Cl2N2O3/c28-24-12-6-19(15-25(24)29)26-13-11-23(34-26)14-20(16-30)27(32)31-21-7-9-22(10-8-21)33-17-18-4-2-1-3-5-18/h1-15H,17H2,(H,31,32)/b20-14+. The molecule has 1 heterocycles. The molecular weight excluding hydrogens is 471 g/mol. The van der Waals surface area contributed by atoms with Crippen LogP contribution in [0.3, 0.4) is 0 Å². The number of hydrogen-bond acceptors (Lipinski definition) is 4. The molecule has 1 N–H and O–H groups in total. The van der Waals surface area contributed by atoms with Gasteiger partial charge in [-0.05, 0) is 60.2 Å². The predicted molar refractivity (Wildman–Crippen MR) is 134 cm³/mol. The summed E-state index contributed by atoms with van der Waals surface area (Å²) in [4.78, 5) is 12.6. The van der Waals surface area contributed by atoms with Gasteiger partial charge in [-0.3, -0.25) is 4.79 Å². The minimum atomic E-state index is -0.548. The molecule has 0 radical (unpaired) electrons. The third-order valence-corrected chi connectivity index (χ3v) is 5.58. The first-order valence-corrected chi connectivity index (χ1v) is 11.0. The van der Waals surface area contributed by atoms with Crippen molar-refractivity contribution in [2.45, 2.75) is 6.61 Å².